The Bertz CT molecular complexity index is 522. The van der Waals surface area contributed by atoms with Crippen LogP contribution in [-0.4, -0.2) is 56.3 Å². The number of ether oxygens (including phenoxy) is 1. The van der Waals surface area contributed by atoms with Crippen molar-refractivity contribution in [1.29, 1.82) is 0 Å². The first-order valence-electron chi connectivity index (χ1n) is 8.10. The minimum atomic E-state index is 0. The van der Waals surface area contributed by atoms with E-state index in [0.717, 1.165) is 32.2 Å². The SMILES string of the molecule is CN=C(NCc1ccc(C)s1)NCC1CN2CCCC2CO1.I. The summed E-state index contributed by atoms with van der Waals surface area (Å²) in [4.78, 5) is 9.53. The molecule has 0 bridgehead atoms. The zero-order valence-corrected chi connectivity index (χ0v) is 17.0. The van der Waals surface area contributed by atoms with Gasteiger partial charge in [-0.1, -0.05) is 0 Å². The molecule has 0 spiro atoms. The molecule has 0 saturated carbocycles. The van der Waals surface area contributed by atoms with Gasteiger partial charge in [-0.3, -0.25) is 9.89 Å². The number of rotatable bonds is 4. The van der Waals surface area contributed by atoms with Gasteiger partial charge >= 0.3 is 0 Å². The van der Waals surface area contributed by atoms with Gasteiger partial charge in [-0.2, -0.15) is 0 Å². The van der Waals surface area contributed by atoms with Crippen LogP contribution in [0.1, 0.15) is 22.6 Å². The Balaban J connectivity index is 0.00000192. The molecule has 2 atom stereocenters. The van der Waals surface area contributed by atoms with Crippen molar-refractivity contribution < 1.29 is 4.74 Å². The van der Waals surface area contributed by atoms with E-state index in [1.165, 1.54) is 29.1 Å². The molecule has 1 aromatic rings. The van der Waals surface area contributed by atoms with Crippen LogP contribution < -0.4 is 10.6 Å². The van der Waals surface area contributed by atoms with Crippen molar-refractivity contribution in [2.24, 2.45) is 4.99 Å². The van der Waals surface area contributed by atoms with Crippen LogP contribution in [0.25, 0.3) is 0 Å². The third-order valence-corrected chi connectivity index (χ3v) is 5.41. The van der Waals surface area contributed by atoms with Crippen LogP contribution in [0.2, 0.25) is 0 Å². The Hall–Kier alpha value is -0.380. The highest BCUT2D eigenvalue weighted by atomic mass is 127. The highest BCUT2D eigenvalue weighted by Gasteiger charge is 2.32. The first-order valence-corrected chi connectivity index (χ1v) is 8.91. The molecule has 2 saturated heterocycles. The Morgan fingerprint density at radius 2 is 2.30 bits per heavy atom. The maximum atomic E-state index is 5.97. The molecule has 130 valence electrons. The van der Waals surface area contributed by atoms with Gasteiger partial charge in [0.2, 0.25) is 0 Å². The van der Waals surface area contributed by atoms with Crippen LogP contribution in [0, 0.1) is 6.92 Å². The molecule has 7 heteroatoms. The normalized spacial score (nSPS) is 24.9. The molecule has 2 fully saturated rings. The first kappa shape index (κ1) is 19.0. The molecule has 1 aromatic heterocycles. The van der Waals surface area contributed by atoms with Gasteiger partial charge in [0.15, 0.2) is 5.96 Å². The lowest BCUT2D eigenvalue weighted by molar-refractivity contribution is -0.0453. The fourth-order valence-electron chi connectivity index (χ4n) is 3.19. The van der Waals surface area contributed by atoms with Gasteiger partial charge in [0.05, 0.1) is 19.3 Å². The van der Waals surface area contributed by atoms with Crippen LogP contribution in [0.3, 0.4) is 0 Å². The molecule has 3 heterocycles. The van der Waals surface area contributed by atoms with E-state index in [1.807, 2.05) is 18.4 Å². The second-order valence-electron chi connectivity index (χ2n) is 6.07. The molecule has 0 amide bonds. The minimum Gasteiger partial charge on any atom is -0.373 e. The second kappa shape index (κ2) is 9.19. The molecular formula is C16H27IN4OS. The van der Waals surface area contributed by atoms with E-state index in [0.29, 0.717) is 6.04 Å². The number of nitrogens with zero attached hydrogens (tertiary/aromatic N) is 2. The summed E-state index contributed by atoms with van der Waals surface area (Å²) < 4.78 is 5.97. The highest BCUT2D eigenvalue weighted by molar-refractivity contribution is 14.0. The number of morpholine rings is 1. The van der Waals surface area contributed by atoms with E-state index in [2.05, 4.69) is 39.6 Å². The van der Waals surface area contributed by atoms with E-state index in [9.17, 15) is 0 Å². The Kier molecular flexibility index (Phi) is 7.58. The zero-order chi connectivity index (χ0) is 15.4. The number of aliphatic imine (C=N–C) groups is 1. The summed E-state index contributed by atoms with van der Waals surface area (Å²) >= 11 is 1.82. The number of aryl methyl sites for hydroxylation is 1. The first-order chi connectivity index (χ1) is 10.7. The van der Waals surface area contributed by atoms with Gasteiger partial charge in [0.25, 0.3) is 0 Å². The molecule has 0 aliphatic carbocycles. The van der Waals surface area contributed by atoms with E-state index < -0.39 is 0 Å². The Morgan fingerprint density at radius 3 is 3.04 bits per heavy atom. The monoisotopic (exact) mass is 450 g/mol. The van der Waals surface area contributed by atoms with Crippen molar-refractivity contribution >= 4 is 41.3 Å². The van der Waals surface area contributed by atoms with Crippen molar-refractivity contribution in [2.75, 3.05) is 33.3 Å². The molecule has 23 heavy (non-hydrogen) atoms. The molecule has 2 N–H and O–H groups in total. The third kappa shape index (κ3) is 5.30. The maximum absolute atomic E-state index is 5.97. The van der Waals surface area contributed by atoms with E-state index in [-0.39, 0.29) is 30.1 Å². The topological polar surface area (TPSA) is 48.9 Å². The van der Waals surface area contributed by atoms with Crippen LogP contribution in [-0.2, 0) is 11.3 Å². The minimum absolute atomic E-state index is 0. The van der Waals surface area contributed by atoms with Gasteiger partial charge < -0.3 is 15.4 Å². The molecule has 2 aliphatic heterocycles. The standard InChI is InChI=1S/C16H26N4OS.HI/c1-12-5-6-15(22-12)9-19-16(17-2)18-8-14-10-20-7-3-4-13(20)11-21-14;/h5-6,13-14H,3-4,7-11H2,1-2H3,(H2,17,18,19);1H. The smallest absolute Gasteiger partial charge is 0.191 e. The van der Waals surface area contributed by atoms with E-state index >= 15 is 0 Å². The predicted molar refractivity (Wildman–Crippen MR) is 107 cm³/mol. The molecule has 0 aromatic carbocycles. The van der Waals surface area contributed by atoms with Crippen molar-refractivity contribution in [3.05, 3.63) is 21.9 Å². The molecule has 2 aliphatic rings. The quantitative estimate of drug-likeness (QED) is 0.420. The second-order valence-corrected chi connectivity index (χ2v) is 7.44. The molecule has 3 rings (SSSR count). The summed E-state index contributed by atoms with van der Waals surface area (Å²) in [6, 6.07) is 4.98. The number of nitrogens with one attached hydrogen (secondary N) is 2. The van der Waals surface area contributed by atoms with Gasteiger partial charge in [0.1, 0.15) is 0 Å². The number of hydrogen-bond acceptors (Lipinski definition) is 4. The van der Waals surface area contributed by atoms with Crippen molar-refractivity contribution in [1.82, 2.24) is 15.5 Å². The maximum Gasteiger partial charge on any atom is 0.191 e. The average molecular weight is 450 g/mol. The van der Waals surface area contributed by atoms with Crippen molar-refractivity contribution in [3.8, 4) is 0 Å². The molecule has 2 unspecified atom stereocenters. The van der Waals surface area contributed by atoms with E-state index in [4.69, 9.17) is 4.74 Å². The van der Waals surface area contributed by atoms with Gasteiger partial charge in [0, 0.05) is 35.9 Å². The molecule has 5 nitrogen and oxygen atoms in total. The van der Waals surface area contributed by atoms with E-state index in [1.54, 1.807) is 0 Å². The zero-order valence-electron chi connectivity index (χ0n) is 13.9. The Morgan fingerprint density at radius 1 is 1.43 bits per heavy atom. The van der Waals surface area contributed by atoms with Crippen molar-refractivity contribution in [3.63, 3.8) is 0 Å². The number of halogens is 1. The number of thiophene rings is 1. The number of guanidine groups is 1. The number of fused-ring (bicyclic) bond motifs is 1. The summed E-state index contributed by atoms with van der Waals surface area (Å²) in [5.74, 6) is 0.846. The summed E-state index contributed by atoms with van der Waals surface area (Å²) in [5.41, 5.74) is 0. The van der Waals surface area contributed by atoms with Gasteiger partial charge in [-0.05, 0) is 38.4 Å². The fraction of sp³-hybridized carbons (Fsp3) is 0.688. The average Bonchev–Trinajstić information content (AvgIpc) is 3.15. The van der Waals surface area contributed by atoms with Crippen LogP contribution in [0.15, 0.2) is 17.1 Å². The lowest BCUT2D eigenvalue weighted by Crippen LogP contribution is -2.51. The Labute approximate surface area is 159 Å². The van der Waals surface area contributed by atoms with Crippen molar-refractivity contribution in [2.45, 2.75) is 38.5 Å². The highest BCUT2D eigenvalue weighted by Crippen LogP contribution is 2.22. The van der Waals surface area contributed by atoms with Gasteiger partial charge in [-0.15, -0.1) is 35.3 Å². The largest absolute Gasteiger partial charge is 0.373 e. The molecular weight excluding hydrogens is 423 g/mol. The van der Waals surface area contributed by atoms with Gasteiger partial charge in [-0.25, -0.2) is 0 Å². The summed E-state index contributed by atoms with van der Waals surface area (Å²) in [5, 5.41) is 6.75. The molecule has 0 radical (unpaired) electrons. The van der Waals surface area contributed by atoms with Crippen LogP contribution in [0.4, 0.5) is 0 Å². The van der Waals surface area contributed by atoms with Crippen LogP contribution in [0.5, 0.6) is 0 Å². The third-order valence-electron chi connectivity index (χ3n) is 4.41. The number of hydrogen-bond donors (Lipinski definition) is 2. The summed E-state index contributed by atoms with van der Waals surface area (Å²) in [6.07, 6.45) is 2.87. The lowest BCUT2D eigenvalue weighted by atomic mass is 10.2. The summed E-state index contributed by atoms with van der Waals surface area (Å²) in [6.45, 7) is 6.92. The lowest BCUT2D eigenvalue weighted by Gasteiger charge is -2.35. The van der Waals surface area contributed by atoms with Crippen LogP contribution >= 0.6 is 35.3 Å². The summed E-state index contributed by atoms with van der Waals surface area (Å²) in [7, 11) is 1.81. The fourth-order valence-corrected chi connectivity index (χ4v) is 4.02. The predicted octanol–water partition coefficient (Wildman–Crippen LogP) is 2.20.